The second-order valence-corrected chi connectivity index (χ2v) is 9.50. The predicted molar refractivity (Wildman–Crippen MR) is 59.8 cm³/mol. The fraction of sp³-hybridized carbons (Fsp3) is 1.00. The highest BCUT2D eigenvalue weighted by atomic mass is 28.3. The Morgan fingerprint density at radius 1 is 1.17 bits per heavy atom. The van der Waals surface area contributed by atoms with Crippen LogP contribution < -0.4 is 5.40 Å². The van der Waals surface area contributed by atoms with Crippen molar-refractivity contribution in [2.24, 2.45) is 11.3 Å². The van der Waals surface area contributed by atoms with Crippen LogP contribution in [-0.4, -0.2) is 8.24 Å². The average molecular weight is 187 g/mol. The fourth-order valence-corrected chi connectivity index (χ4v) is 4.29. The molecule has 0 spiro atoms. The maximum atomic E-state index is 6.43. The molecule has 0 aromatic rings. The van der Waals surface area contributed by atoms with E-state index in [9.17, 15) is 0 Å². The summed E-state index contributed by atoms with van der Waals surface area (Å²) in [6.07, 6.45) is 1.31. The Morgan fingerprint density at radius 2 is 1.67 bits per heavy atom. The number of hydrogen-bond acceptors (Lipinski definition) is 1. The Hall–Kier alpha value is 0.177. The first-order valence-corrected chi connectivity index (χ1v) is 7.78. The van der Waals surface area contributed by atoms with E-state index in [1.165, 1.54) is 18.5 Å². The van der Waals surface area contributed by atoms with Crippen molar-refractivity contribution in [1.82, 2.24) is 0 Å². The summed E-state index contributed by atoms with van der Waals surface area (Å²) in [4.78, 5) is 0. The SMILES string of the molecule is CC[Si](N)(CCC(C)C)C(C)C. The largest absolute Gasteiger partial charge is 0.350 e. The van der Waals surface area contributed by atoms with Gasteiger partial charge in [0.25, 0.3) is 0 Å². The summed E-state index contributed by atoms with van der Waals surface area (Å²) in [6.45, 7) is 11.4. The van der Waals surface area contributed by atoms with Gasteiger partial charge >= 0.3 is 0 Å². The Kier molecular flexibility index (Phi) is 5.10. The molecule has 2 N–H and O–H groups in total. The van der Waals surface area contributed by atoms with E-state index in [-0.39, 0.29) is 0 Å². The molecule has 1 unspecified atom stereocenters. The van der Waals surface area contributed by atoms with Crippen molar-refractivity contribution in [2.45, 2.75) is 58.7 Å². The molecule has 0 amide bonds. The molecule has 0 saturated heterocycles. The summed E-state index contributed by atoms with van der Waals surface area (Å²) in [5.41, 5.74) is 0.737. The lowest BCUT2D eigenvalue weighted by Crippen LogP contribution is -2.47. The Labute approximate surface area is 78.8 Å². The summed E-state index contributed by atoms with van der Waals surface area (Å²) < 4.78 is 0. The average Bonchev–Trinajstić information content (AvgIpc) is 1.99. The van der Waals surface area contributed by atoms with Crippen molar-refractivity contribution in [3.8, 4) is 0 Å². The number of hydrogen-bond donors (Lipinski definition) is 1. The molecular weight excluding hydrogens is 162 g/mol. The van der Waals surface area contributed by atoms with Gasteiger partial charge in [0.1, 0.15) is 8.24 Å². The van der Waals surface area contributed by atoms with Crippen molar-refractivity contribution >= 4 is 8.24 Å². The molecule has 1 atom stereocenters. The fourth-order valence-electron chi connectivity index (χ4n) is 1.43. The van der Waals surface area contributed by atoms with Crippen LogP contribution in [0.3, 0.4) is 0 Å². The van der Waals surface area contributed by atoms with Gasteiger partial charge in [-0.25, -0.2) is 0 Å². The normalized spacial score (nSPS) is 17.0. The standard InChI is InChI=1S/C10H25NSi/c1-6-12(11,10(4)5)8-7-9(2)3/h9-10H,6-8,11H2,1-5H3. The molecule has 74 valence electrons. The van der Waals surface area contributed by atoms with Gasteiger partial charge < -0.3 is 5.40 Å². The van der Waals surface area contributed by atoms with Crippen LogP contribution in [0.2, 0.25) is 17.6 Å². The molecule has 0 aromatic heterocycles. The van der Waals surface area contributed by atoms with Crippen LogP contribution in [0.15, 0.2) is 0 Å². The zero-order valence-electron chi connectivity index (χ0n) is 9.35. The summed E-state index contributed by atoms with van der Waals surface area (Å²) >= 11 is 0. The zero-order valence-corrected chi connectivity index (χ0v) is 10.4. The second kappa shape index (κ2) is 5.03. The Morgan fingerprint density at radius 3 is 1.92 bits per heavy atom. The van der Waals surface area contributed by atoms with Gasteiger partial charge in [-0.3, -0.25) is 0 Å². The van der Waals surface area contributed by atoms with Crippen LogP contribution in [0.5, 0.6) is 0 Å². The summed E-state index contributed by atoms with van der Waals surface area (Å²) in [5.74, 6) is 0.811. The van der Waals surface area contributed by atoms with Gasteiger partial charge in [0.2, 0.25) is 0 Å². The molecule has 0 aliphatic heterocycles. The molecule has 0 heterocycles. The lowest BCUT2D eigenvalue weighted by atomic mass is 10.2. The monoisotopic (exact) mass is 187 g/mol. The molecule has 0 bridgehead atoms. The molecule has 0 aliphatic carbocycles. The van der Waals surface area contributed by atoms with Gasteiger partial charge in [0.05, 0.1) is 0 Å². The molecule has 12 heavy (non-hydrogen) atoms. The Balaban J connectivity index is 3.97. The minimum absolute atomic E-state index is 0.737. The van der Waals surface area contributed by atoms with E-state index in [1.54, 1.807) is 0 Å². The number of rotatable bonds is 5. The molecule has 0 aliphatic rings. The van der Waals surface area contributed by atoms with Crippen molar-refractivity contribution in [1.29, 1.82) is 0 Å². The third kappa shape index (κ3) is 3.72. The van der Waals surface area contributed by atoms with Gasteiger partial charge in [-0.1, -0.05) is 41.0 Å². The summed E-state index contributed by atoms with van der Waals surface area (Å²) in [5, 5.41) is 6.43. The van der Waals surface area contributed by atoms with Crippen LogP contribution >= 0.6 is 0 Å². The van der Waals surface area contributed by atoms with Crippen LogP contribution in [0, 0.1) is 5.92 Å². The van der Waals surface area contributed by atoms with E-state index in [2.05, 4.69) is 34.6 Å². The van der Waals surface area contributed by atoms with E-state index in [0.29, 0.717) is 0 Å². The van der Waals surface area contributed by atoms with Crippen molar-refractivity contribution < 1.29 is 0 Å². The van der Waals surface area contributed by atoms with Gasteiger partial charge in [-0.15, -0.1) is 0 Å². The third-order valence-corrected chi connectivity index (χ3v) is 7.83. The topological polar surface area (TPSA) is 26.0 Å². The van der Waals surface area contributed by atoms with Gasteiger partial charge in [0, 0.05) is 0 Å². The molecule has 2 heteroatoms. The first kappa shape index (κ1) is 12.2. The van der Waals surface area contributed by atoms with Crippen molar-refractivity contribution in [2.75, 3.05) is 0 Å². The lowest BCUT2D eigenvalue weighted by Gasteiger charge is -2.30. The highest BCUT2D eigenvalue weighted by molar-refractivity contribution is 6.77. The molecule has 0 aromatic carbocycles. The molecule has 0 rings (SSSR count). The molecule has 1 nitrogen and oxygen atoms in total. The predicted octanol–water partition coefficient (Wildman–Crippen LogP) is 3.37. The maximum Gasteiger partial charge on any atom is 0.125 e. The van der Waals surface area contributed by atoms with Gasteiger partial charge in [0.15, 0.2) is 0 Å². The van der Waals surface area contributed by atoms with E-state index in [4.69, 9.17) is 5.40 Å². The minimum atomic E-state index is -1.36. The van der Waals surface area contributed by atoms with E-state index >= 15 is 0 Å². The maximum absolute atomic E-state index is 6.43. The summed E-state index contributed by atoms with van der Waals surface area (Å²) in [6, 6.07) is 2.54. The van der Waals surface area contributed by atoms with Crippen molar-refractivity contribution in [3.63, 3.8) is 0 Å². The first-order chi connectivity index (χ1) is 5.42. The minimum Gasteiger partial charge on any atom is -0.350 e. The van der Waals surface area contributed by atoms with E-state index < -0.39 is 8.24 Å². The summed E-state index contributed by atoms with van der Waals surface area (Å²) in [7, 11) is -1.36. The van der Waals surface area contributed by atoms with Crippen LogP contribution in [0.25, 0.3) is 0 Å². The highest BCUT2D eigenvalue weighted by Gasteiger charge is 2.29. The van der Waals surface area contributed by atoms with Crippen LogP contribution in [0.4, 0.5) is 0 Å². The van der Waals surface area contributed by atoms with Gasteiger partial charge in [-0.2, -0.15) is 0 Å². The van der Waals surface area contributed by atoms with Crippen LogP contribution in [0.1, 0.15) is 41.0 Å². The quantitative estimate of drug-likeness (QED) is 0.656. The molecule has 0 radical (unpaired) electrons. The van der Waals surface area contributed by atoms with E-state index in [1.807, 2.05) is 0 Å². The number of nitrogens with two attached hydrogens (primary N) is 1. The van der Waals surface area contributed by atoms with Crippen LogP contribution in [-0.2, 0) is 0 Å². The van der Waals surface area contributed by atoms with E-state index in [0.717, 1.165) is 11.5 Å². The second-order valence-electron chi connectivity index (χ2n) is 4.67. The molecule has 0 fully saturated rings. The lowest BCUT2D eigenvalue weighted by molar-refractivity contribution is 0.614. The zero-order chi connectivity index (χ0) is 9.78. The molecule has 0 saturated carbocycles. The van der Waals surface area contributed by atoms with Gasteiger partial charge in [-0.05, 0) is 23.5 Å². The smallest absolute Gasteiger partial charge is 0.125 e. The third-order valence-electron chi connectivity index (χ3n) is 3.00. The molecular formula is C10H25NSi. The first-order valence-electron chi connectivity index (χ1n) is 5.21. The van der Waals surface area contributed by atoms with Crippen molar-refractivity contribution in [3.05, 3.63) is 0 Å². The Bertz CT molecular complexity index is 123. The highest BCUT2D eigenvalue weighted by Crippen LogP contribution is 2.26.